The van der Waals surface area contributed by atoms with Crippen LogP contribution in [0.3, 0.4) is 0 Å². The van der Waals surface area contributed by atoms with Crippen molar-refractivity contribution < 1.29 is 19.1 Å². The van der Waals surface area contributed by atoms with Crippen LogP contribution in [0.25, 0.3) is 0 Å². The first-order chi connectivity index (χ1) is 13.3. The number of H-pyrrole nitrogens is 1. The van der Waals surface area contributed by atoms with Crippen molar-refractivity contribution in [3.63, 3.8) is 0 Å². The first kappa shape index (κ1) is 19.2. The maximum absolute atomic E-state index is 12.3. The summed E-state index contributed by atoms with van der Waals surface area (Å²) in [7, 11) is 0. The molecule has 4 fully saturated rings. The molecule has 0 saturated heterocycles. The third-order valence-corrected chi connectivity index (χ3v) is 7.15. The lowest BCUT2D eigenvalue weighted by Gasteiger charge is -2.56. The van der Waals surface area contributed by atoms with Gasteiger partial charge in [0.05, 0.1) is 0 Å². The van der Waals surface area contributed by atoms with Gasteiger partial charge in [0.25, 0.3) is 5.91 Å². The Hall–Kier alpha value is -2.11. The van der Waals surface area contributed by atoms with Crippen LogP contribution in [0.2, 0.25) is 0 Å². The normalized spacial score (nSPS) is 30.3. The number of aryl methyl sites for hydroxylation is 1. The van der Waals surface area contributed by atoms with Crippen molar-refractivity contribution in [2.45, 2.75) is 59.3 Å². The number of hydrogen-bond donors (Lipinski definition) is 2. The second-order valence-electron chi connectivity index (χ2n) is 9.45. The minimum Gasteiger partial charge on any atom is -0.451 e. The van der Waals surface area contributed by atoms with Gasteiger partial charge < -0.3 is 15.0 Å². The van der Waals surface area contributed by atoms with Gasteiger partial charge in [0.1, 0.15) is 5.69 Å². The van der Waals surface area contributed by atoms with Gasteiger partial charge in [-0.3, -0.25) is 9.59 Å². The topological polar surface area (TPSA) is 88.3 Å². The number of ketones is 1. The van der Waals surface area contributed by atoms with Crippen molar-refractivity contribution in [1.29, 1.82) is 0 Å². The highest BCUT2D eigenvalue weighted by Crippen LogP contribution is 2.59. The van der Waals surface area contributed by atoms with Gasteiger partial charge in [0.2, 0.25) is 0 Å². The second kappa shape index (κ2) is 7.05. The van der Waals surface area contributed by atoms with Crippen molar-refractivity contribution >= 4 is 17.7 Å². The summed E-state index contributed by atoms with van der Waals surface area (Å²) in [5, 5.41) is 3.02. The molecule has 4 bridgehead atoms. The smallest absolute Gasteiger partial charge is 0.355 e. The Labute approximate surface area is 165 Å². The molecule has 1 heterocycles. The number of nitrogens with one attached hydrogen (secondary N) is 2. The number of aromatic amines is 1. The Balaban J connectivity index is 1.30. The van der Waals surface area contributed by atoms with E-state index >= 15 is 0 Å². The van der Waals surface area contributed by atoms with Crippen molar-refractivity contribution in [2.75, 3.05) is 13.2 Å². The Bertz CT molecular complexity index is 787. The van der Waals surface area contributed by atoms with Crippen molar-refractivity contribution in [2.24, 2.45) is 23.2 Å². The summed E-state index contributed by atoms with van der Waals surface area (Å²) in [6.45, 7) is 5.33. The number of carbonyl (C=O) groups excluding carboxylic acids is 3. The van der Waals surface area contributed by atoms with E-state index < -0.39 is 5.97 Å². The zero-order valence-corrected chi connectivity index (χ0v) is 17.0. The van der Waals surface area contributed by atoms with Crippen LogP contribution in [-0.4, -0.2) is 35.8 Å². The van der Waals surface area contributed by atoms with E-state index in [0.717, 1.165) is 17.8 Å². The van der Waals surface area contributed by atoms with Gasteiger partial charge in [-0.2, -0.15) is 0 Å². The van der Waals surface area contributed by atoms with Crippen molar-refractivity contribution in [3.8, 4) is 0 Å². The average molecular weight is 386 g/mol. The van der Waals surface area contributed by atoms with Gasteiger partial charge in [-0.1, -0.05) is 0 Å². The van der Waals surface area contributed by atoms with Gasteiger partial charge in [0, 0.05) is 17.8 Å². The van der Waals surface area contributed by atoms with Crippen LogP contribution < -0.4 is 5.32 Å². The number of carbonyl (C=O) groups is 3. The minimum atomic E-state index is -0.599. The highest BCUT2D eigenvalue weighted by Gasteiger charge is 2.50. The van der Waals surface area contributed by atoms with Gasteiger partial charge in [-0.25, -0.2) is 4.79 Å². The van der Waals surface area contributed by atoms with Crippen LogP contribution in [0.4, 0.5) is 0 Å². The van der Waals surface area contributed by atoms with Crippen LogP contribution in [0.1, 0.15) is 77.6 Å². The molecule has 1 amide bonds. The molecule has 1 aromatic heterocycles. The van der Waals surface area contributed by atoms with E-state index in [9.17, 15) is 14.4 Å². The number of ether oxygens (including phenoxy) is 1. The molecule has 0 unspecified atom stereocenters. The van der Waals surface area contributed by atoms with Crippen LogP contribution in [0.5, 0.6) is 0 Å². The molecular formula is C22H30N2O4. The van der Waals surface area contributed by atoms with Crippen LogP contribution in [0, 0.1) is 37.0 Å². The first-order valence-electron chi connectivity index (χ1n) is 10.4. The van der Waals surface area contributed by atoms with E-state index in [2.05, 4.69) is 10.3 Å². The molecular weight excluding hydrogens is 356 g/mol. The van der Waals surface area contributed by atoms with Gasteiger partial charge in [0.15, 0.2) is 12.4 Å². The minimum absolute atomic E-state index is 0.0985. The van der Waals surface area contributed by atoms with Gasteiger partial charge >= 0.3 is 5.97 Å². The summed E-state index contributed by atoms with van der Waals surface area (Å²) in [6, 6.07) is 0. The molecule has 2 N–H and O–H groups in total. The largest absolute Gasteiger partial charge is 0.451 e. The fourth-order valence-electron chi connectivity index (χ4n) is 6.53. The fourth-order valence-corrected chi connectivity index (χ4v) is 6.53. The molecule has 4 aliphatic rings. The number of Topliss-reactive ketones (excluding diaryl/α,β-unsaturated/α-hetero) is 1. The third kappa shape index (κ3) is 3.49. The van der Waals surface area contributed by atoms with Crippen LogP contribution in [0.15, 0.2) is 0 Å². The third-order valence-electron chi connectivity index (χ3n) is 7.15. The lowest BCUT2D eigenvalue weighted by Crippen LogP contribution is -2.51. The summed E-state index contributed by atoms with van der Waals surface area (Å²) in [5.41, 5.74) is 2.24. The number of aromatic nitrogens is 1. The Kier molecular flexibility index (Phi) is 4.84. The Morgan fingerprint density at radius 1 is 1.07 bits per heavy atom. The van der Waals surface area contributed by atoms with E-state index in [4.69, 9.17) is 4.74 Å². The van der Waals surface area contributed by atoms with Gasteiger partial charge in [-0.05, 0) is 88.0 Å². The average Bonchev–Trinajstić information content (AvgIpc) is 2.91. The summed E-state index contributed by atoms with van der Waals surface area (Å²) in [4.78, 5) is 39.2. The quantitative estimate of drug-likeness (QED) is 0.580. The summed E-state index contributed by atoms with van der Waals surface area (Å²) < 4.78 is 5.20. The molecule has 0 radical (unpaired) electrons. The van der Waals surface area contributed by atoms with Gasteiger partial charge in [-0.15, -0.1) is 0 Å². The number of esters is 1. The lowest BCUT2D eigenvalue weighted by atomic mass is 9.49. The molecule has 5 rings (SSSR count). The number of rotatable bonds is 6. The Morgan fingerprint density at radius 3 is 2.14 bits per heavy atom. The molecule has 28 heavy (non-hydrogen) atoms. The second-order valence-corrected chi connectivity index (χ2v) is 9.45. The number of hydrogen-bond acceptors (Lipinski definition) is 4. The predicted molar refractivity (Wildman–Crippen MR) is 104 cm³/mol. The molecule has 0 atom stereocenters. The molecule has 6 heteroatoms. The molecule has 4 saturated carbocycles. The van der Waals surface area contributed by atoms with E-state index in [1.165, 1.54) is 45.4 Å². The highest BCUT2D eigenvalue weighted by atomic mass is 16.5. The maximum atomic E-state index is 12.3. The lowest BCUT2D eigenvalue weighted by molar-refractivity contribution is -0.126. The fraction of sp³-hybridized carbons (Fsp3) is 0.682. The van der Waals surface area contributed by atoms with Crippen LogP contribution in [-0.2, 0) is 9.53 Å². The zero-order chi connectivity index (χ0) is 20.1. The summed E-state index contributed by atoms with van der Waals surface area (Å²) in [5.74, 6) is 1.58. The van der Waals surface area contributed by atoms with E-state index in [0.29, 0.717) is 23.4 Å². The zero-order valence-electron chi connectivity index (χ0n) is 17.0. The molecule has 152 valence electrons. The molecule has 6 nitrogen and oxygen atoms in total. The van der Waals surface area contributed by atoms with E-state index in [1.54, 1.807) is 13.8 Å². The Morgan fingerprint density at radius 2 is 1.64 bits per heavy atom. The van der Waals surface area contributed by atoms with Crippen LogP contribution >= 0.6 is 0 Å². The first-order valence-corrected chi connectivity index (χ1v) is 10.4. The van der Waals surface area contributed by atoms with E-state index in [1.807, 2.05) is 0 Å². The molecule has 0 aromatic carbocycles. The summed E-state index contributed by atoms with van der Waals surface area (Å²) in [6.07, 6.45) is 7.82. The standard InChI is InChI=1S/C22H30N2O4/c1-12-19(14(3)25)13(2)24-20(12)21(27)28-10-18(26)23-11-22-7-15-4-16(8-22)6-17(5-15)9-22/h15-17,24H,4-11H2,1-3H3,(H,23,26). The molecule has 4 aliphatic carbocycles. The highest BCUT2D eigenvalue weighted by molar-refractivity contribution is 6.01. The monoisotopic (exact) mass is 386 g/mol. The van der Waals surface area contributed by atoms with E-state index in [-0.39, 0.29) is 29.4 Å². The molecule has 0 spiro atoms. The van der Waals surface area contributed by atoms with Crippen molar-refractivity contribution in [1.82, 2.24) is 10.3 Å². The SMILES string of the molecule is CC(=O)c1c(C)[nH]c(C(=O)OCC(=O)NCC23CC4CC(CC(C4)C2)C3)c1C. The maximum Gasteiger partial charge on any atom is 0.355 e. The predicted octanol–water partition coefficient (Wildman–Crippen LogP) is 3.32. The number of amides is 1. The molecule has 1 aromatic rings. The van der Waals surface area contributed by atoms with Crippen molar-refractivity contribution in [3.05, 3.63) is 22.5 Å². The summed E-state index contributed by atoms with van der Waals surface area (Å²) >= 11 is 0. The molecule has 0 aliphatic heterocycles.